The van der Waals surface area contributed by atoms with Crippen molar-refractivity contribution in [3.8, 4) is 0 Å². The lowest BCUT2D eigenvalue weighted by atomic mass is 10.3. The molecule has 2 aromatic rings. The van der Waals surface area contributed by atoms with Crippen LogP contribution in [0.4, 0.5) is 14.5 Å². The molecule has 0 fully saturated rings. The topological polar surface area (TPSA) is 55.4 Å². The van der Waals surface area contributed by atoms with Gasteiger partial charge in [0.25, 0.3) is 5.91 Å². The number of amides is 1. The van der Waals surface area contributed by atoms with Gasteiger partial charge in [0.15, 0.2) is 6.10 Å². The molecule has 138 valence electrons. The second kappa shape index (κ2) is 9.54. The Hall–Kier alpha value is -2.12. The van der Waals surface area contributed by atoms with Crippen molar-refractivity contribution in [2.75, 3.05) is 11.1 Å². The summed E-state index contributed by atoms with van der Waals surface area (Å²) in [5, 5.41) is 2.52. The smallest absolute Gasteiger partial charge is 0.307 e. The number of hydrogen-bond acceptors (Lipinski definition) is 4. The van der Waals surface area contributed by atoms with Crippen LogP contribution in [-0.2, 0) is 14.3 Å². The molecule has 8 heteroatoms. The highest BCUT2D eigenvalue weighted by molar-refractivity contribution is 7.99. The first kappa shape index (κ1) is 20.2. The molecule has 0 saturated heterocycles. The van der Waals surface area contributed by atoms with Crippen molar-refractivity contribution in [1.29, 1.82) is 0 Å². The SMILES string of the molecule is C[C@@H](OC(=O)CCSc1ccc(F)cc1)C(=O)Nc1ccc(F)cc1Cl. The lowest BCUT2D eigenvalue weighted by molar-refractivity contribution is -0.152. The van der Waals surface area contributed by atoms with Crippen molar-refractivity contribution in [2.24, 2.45) is 0 Å². The summed E-state index contributed by atoms with van der Waals surface area (Å²) in [7, 11) is 0. The van der Waals surface area contributed by atoms with Gasteiger partial charge in [-0.05, 0) is 49.4 Å². The molecule has 0 aliphatic rings. The summed E-state index contributed by atoms with van der Waals surface area (Å²) in [6.07, 6.45) is -0.934. The minimum absolute atomic E-state index is 0.0487. The van der Waals surface area contributed by atoms with Gasteiger partial charge >= 0.3 is 5.97 Å². The van der Waals surface area contributed by atoms with Gasteiger partial charge in [0.2, 0.25) is 0 Å². The Bertz CT molecular complexity index is 787. The molecule has 0 unspecified atom stereocenters. The molecule has 4 nitrogen and oxygen atoms in total. The minimum Gasteiger partial charge on any atom is -0.453 e. The first-order valence-corrected chi connectivity index (χ1v) is 9.05. The summed E-state index contributed by atoms with van der Waals surface area (Å²) < 4.78 is 30.9. The lowest BCUT2D eigenvalue weighted by Gasteiger charge is -2.14. The second-order valence-corrected chi connectivity index (χ2v) is 6.87. The van der Waals surface area contributed by atoms with Gasteiger partial charge in [0.1, 0.15) is 11.6 Å². The zero-order valence-corrected chi connectivity index (χ0v) is 15.4. The van der Waals surface area contributed by atoms with E-state index in [0.717, 1.165) is 17.0 Å². The number of benzene rings is 2. The Morgan fingerprint density at radius 1 is 1.15 bits per heavy atom. The Morgan fingerprint density at radius 3 is 2.46 bits per heavy atom. The maximum atomic E-state index is 13.0. The Morgan fingerprint density at radius 2 is 1.81 bits per heavy atom. The summed E-state index contributed by atoms with van der Waals surface area (Å²) in [4.78, 5) is 24.7. The predicted molar refractivity (Wildman–Crippen MR) is 97.3 cm³/mol. The van der Waals surface area contributed by atoms with E-state index in [9.17, 15) is 18.4 Å². The number of anilines is 1. The maximum absolute atomic E-state index is 13.0. The molecule has 26 heavy (non-hydrogen) atoms. The van der Waals surface area contributed by atoms with Crippen LogP contribution in [0.5, 0.6) is 0 Å². The van der Waals surface area contributed by atoms with E-state index < -0.39 is 23.8 Å². The van der Waals surface area contributed by atoms with E-state index in [1.165, 1.54) is 36.9 Å². The molecule has 1 N–H and O–H groups in total. The van der Waals surface area contributed by atoms with Crippen LogP contribution in [0.2, 0.25) is 5.02 Å². The Balaban J connectivity index is 1.76. The van der Waals surface area contributed by atoms with Crippen LogP contribution in [0, 0.1) is 11.6 Å². The van der Waals surface area contributed by atoms with Gasteiger partial charge in [0, 0.05) is 10.6 Å². The molecule has 0 heterocycles. The zero-order chi connectivity index (χ0) is 19.1. The van der Waals surface area contributed by atoms with Gasteiger partial charge in [0.05, 0.1) is 17.1 Å². The number of halogens is 3. The van der Waals surface area contributed by atoms with Gasteiger partial charge in [-0.2, -0.15) is 0 Å². The summed E-state index contributed by atoms with van der Waals surface area (Å²) in [5.74, 6) is -1.52. The highest BCUT2D eigenvalue weighted by Crippen LogP contribution is 2.23. The number of carbonyl (C=O) groups is 2. The van der Waals surface area contributed by atoms with Crippen LogP contribution < -0.4 is 5.32 Å². The summed E-state index contributed by atoms with van der Waals surface area (Å²) in [5.41, 5.74) is 0.229. The first-order valence-electron chi connectivity index (χ1n) is 7.69. The number of carbonyl (C=O) groups excluding carboxylic acids is 2. The zero-order valence-electron chi connectivity index (χ0n) is 13.8. The first-order chi connectivity index (χ1) is 12.3. The van der Waals surface area contributed by atoms with Gasteiger partial charge in [-0.1, -0.05) is 11.6 Å². The van der Waals surface area contributed by atoms with Crippen LogP contribution in [0.25, 0.3) is 0 Å². The molecule has 0 saturated carbocycles. The van der Waals surface area contributed by atoms with Gasteiger partial charge in [-0.3, -0.25) is 9.59 Å². The third-order valence-electron chi connectivity index (χ3n) is 3.26. The lowest BCUT2D eigenvalue weighted by Crippen LogP contribution is -2.30. The number of esters is 1. The summed E-state index contributed by atoms with van der Waals surface area (Å²) >= 11 is 7.21. The highest BCUT2D eigenvalue weighted by atomic mass is 35.5. The molecule has 0 radical (unpaired) electrons. The third kappa shape index (κ3) is 6.31. The van der Waals surface area contributed by atoms with Crippen molar-refractivity contribution in [1.82, 2.24) is 0 Å². The number of thioether (sulfide) groups is 1. The van der Waals surface area contributed by atoms with Crippen molar-refractivity contribution in [2.45, 2.75) is 24.3 Å². The number of hydrogen-bond donors (Lipinski definition) is 1. The molecule has 1 amide bonds. The van der Waals surface area contributed by atoms with Crippen LogP contribution in [0.3, 0.4) is 0 Å². The third-order valence-corrected chi connectivity index (χ3v) is 4.58. The normalized spacial score (nSPS) is 11.7. The maximum Gasteiger partial charge on any atom is 0.307 e. The summed E-state index contributed by atoms with van der Waals surface area (Å²) in [6.45, 7) is 1.43. The quantitative estimate of drug-likeness (QED) is 0.543. The van der Waals surface area contributed by atoms with E-state index in [1.807, 2.05) is 0 Å². The van der Waals surface area contributed by atoms with Crippen molar-refractivity contribution in [3.63, 3.8) is 0 Å². The number of ether oxygens (including phenoxy) is 1. The fourth-order valence-corrected chi connectivity index (χ4v) is 2.97. The van der Waals surface area contributed by atoms with E-state index in [4.69, 9.17) is 16.3 Å². The van der Waals surface area contributed by atoms with E-state index in [0.29, 0.717) is 5.75 Å². The Kier molecular flexibility index (Phi) is 7.41. The molecule has 0 aliphatic carbocycles. The molecule has 2 aromatic carbocycles. The van der Waals surface area contributed by atoms with Crippen LogP contribution in [0.15, 0.2) is 47.4 Å². The van der Waals surface area contributed by atoms with Crippen LogP contribution in [-0.4, -0.2) is 23.7 Å². The highest BCUT2D eigenvalue weighted by Gasteiger charge is 2.18. The van der Waals surface area contributed by atoms with Gasteiger partial charge in [-0.15, -0.1) is 11.8 Å². The van der Waals surface area contributed by atoms with E-state index in [2.05, 4.69) is 5.32 Å². The molecule has 2 rings (SSSR count). The van der Waals surface area contributed by atoms with Crippen molar-refractivity contribution in [3.05, 3.63) is 59.1 Å². The molecule has 0 bridgehead atoms. The Labute approximate surface area is 158 Å². The predicted octanol–water partition coefficient (Wildman–Crippen LogP) is 4.67. The van der Waals surface area contributed by atoms with Crippen molar-refractivity contribution >= 4 is 40.9 Å². The van der Waals surface area contributed by atoms with Crippen LogP contribution >= 0.6 is 23.4 Å². The van der Waals surface area contributed by atoms with E-state index in [-0.39, 0.29) is 22.9 Å². The monoisotopic (exact) mass is 399 g/mol. The van der Waals surface area contributed by atoms with Crippen molar-refractivity contribution < 1.29 is 23.1 Å². The molecule has 1 atom stereocenters. The molecule has 0 spiro atoms. The standard InChI is InChI=1S/C18H16ClF2NO3S/c1-11(18(24)22-16-7-4-13(21)10-15(16)19)25-17(23)8-9-26-14-5-2-12(20)3-6-14/h2-7,10-11H,8-9H2,1H3,(H,22,24)/t11-/m1/s1. The molecule has 0 aromatic heterocycles. The molecule has 0 aliphatic heterocycles. The average molecular weight is 400 g/mol. The fourth-order valence-electron chi connectivity index (χ4n) is 1.92. The number of rotatable bonds is 7. The largest absolute Gasteiger partial charge is 0.453 e. The van der Waals surface area contributed by atoms with E-state index in [1.54, 1.807) is 12.1 Å². The van der Waals surface area contributed by atoms with Gasteiger partial charge < -0.3 is 10.1 Å². The minimum atomic E-state index is -1.03. The van der Waals surface area contributed by atoms with E-state index >= 15 is 0 Å². The average Bonchev–Trinajstić information content (AvgIpc) is 2.59. The fraction of sp³-hybridized carbons (Fsp3) is 0.222. The van der Waals surface area contributed by atoms with Crippen LogP contribution in [0.1, 0.15) is 13.3 Å². The second-order valence-electron chi connectivity index (χ2n) is 5.30. The summed E-state index contributed by atoms with van der Waals surface area (Å²) in [6, 6.07) is 9.47. The molecular formula is C18H16ClF2NO3S. The number of nitrogens with one attached hydrogen (secondary N) is 1. The van der Waals surface area contributed by atoms with Gasteiger partial charge in [-0.25, -0.2) is 8.78 Å². The molecular weight excluding hydrogens is 384 g/mol.